The molecular formula is C20H28Cl2SiTi. The van der Waals surface area contributed by atoms with Crippen LogP contribution in [0.3, 0.4) is 0 Å². The molecule has 1 heterocycles. The van der Waals surface area contributed by atoms with E-state index in [1.807, 2.05) is 9.45 Å². The number of halogens is 2. The maximum Gasteiger partial charge on any atom is -1.00 e. The molecule has 3 aliphatic carbocycles. The van der Waals surface area contributed by atoms with Gasteiger partial charge in [0.2, 0.25) is 0 Å². The van der Waals surface area contributed by atoms with Crippen molar-refractivity contribution in [3.63, 3.8) is 0 Å². The summed E-state index contributed by atoms with van der Waals surface area (Å²) in [6.45, 7) is 2.44. The summed E-state index contributed by atoms with van der Waals surface area (Å²) in [6, 6.07) is 4.92. The SMILES string of the molecule is CCC[Si]1([C]2([Ti+2][C]3=CC=CC3)CCC3CC=CC=C32)CCC1.[Cl-].[Cl-]. The molecule has 0 N–H and O–H groups in total. The van der Waals surface area contributed by atoms with E-state index in [9.17, 15) is 0 Å². The second-order valence-electron chi connectivity index (χ2n) is 7.76. The van der Waals surface area contributed by atoms with E-state index in [1.54, 1.807) is 31.0 Å². The van der Waals surface area contributed by atoms with Crippen molar-refractivity contribution in [1.82, 2.24) is 0 Å². The van der Waals surface area contributed by atoms with Gasteiger partial charge in [-0.05, 0) is 0 Å². The van der Waals surface area contributed by atoms with Crippen molar-refractivity contribution in [1.29, 1.82) is 0 Å². The minimum absolute atomic E-state index is 0. The molecular weight excluding hydrogens is 387 g/mol. The number of rotatable bonds is 5. The predicted molar refractivity (Wildman–Crippen MR) is 94.2 cm³/mol. The van der Waals surface area contributed by atoms with Crippen LogP contribution >= 0.6 is 0 Å². The molecule has 0 spiro atoms. The van der Waals surface area contributed by atoms with E-state index < -0.39 is 8.07 Å². The van der Waals surface area contributed by atoms with Gasteiger partial charge in [-0.1, -0.05) is 0 Å². The second-order valence-corrected chi connectivity index (χ2v) is 16.2. The maximum atomic E-state index is 2.59. The van der Waals surface area contributed by atoms with E-state index in [1.165, 1.54) is 25.7 Å². The number of hydrogen-bond acceptors (Lipinski definition) is 0. The Balaban J connectivity index is 0.00000104. The van der Waals surface area contributed by atoms with E-state index in [0.29, 0.717) is 0 Å². The summed E-state index contributed by atoms with van der Waals surface area (Å²) in [5.74, 6) is 0.922. The first-order valence-corrected chi connectivity index (χ1v) is 13.5. The van der Waals surface area contributed by atoms with Gasteiger partial charge in [-0.15, -0.1) is 0 Å². The van der Waals surface area contributed by atoms with Crippen LogP contribution in [-0.4, -0.2) is 8.07 Å². The molecule has 2 atom stereocenters. The molecule has 0 nitrogen and oxygen atoms in total. The quantitative estimate of drug-likeness (QED) is 0.563. The zero-order valence-electron chi connectivity index (χ0n) is 14.7. The molecule has 1 saturated carbocycles. The van der Waals surface area contributed by atoms with Crippen molar-refractivity contribution in [3.05, 3.63) is 45.9 Å². The number of allylic oxidation sites excluding steroid dienone is 8. The molecule has 4 heteroatoms. The molecule has 1 aliphatic heterocycles. The van der Waals surface area contributed by atoms with Gasteiger partial charge in [0.05, 0.1) is 0 Å². The van der Waals surface area contributed by atoms with Gasteiger partial charge < -0.3 is 24.8 Å². The van der Waals surface area contributed by atoms with Crippen LogP contribution in [0.15, 0.2) is 45.9 Å². The maximum absolute atomic E-state index is 2.59. The van der Waals surface area contributed by atoms with Crippen LogP contribution in [0.2, 0.25) is 21.5 Å². The largest absolute Gasteiger partial charge is 1.00 e. The first kappa shape index (κ1) is 20.8. The summed E-state index contributed by atoms with van der Waals surface area (Å²) in [7, 11) is -1.05. The smallest absolute Gasteiger partial charge is 1.00 e. The van der Waals surface area contributed by atoms with Gasteiger partial charge in [-0.2, -0.15) is 0 Å². The van der Waals surface area contributed by atoms with Crippen LogP contribution in [0.25, 0.3) is 0 Å². The van der Waals surface area contributed by atoms with Gasteiger partial charge in [0, 0.05) is 0 Å². The second kappa shape index (κ2) is 8.44. The standard InChI is InChI=1S/C15H23Si.C5H5.2ClH.Ti/c1-2-10-16(11-5-12-16)15-9-8-13-6-3-4-7-14(13)15;1-2-4-5-3-1;;;/h3-4,7,13H,2,5-6,8-12H2,1H3;1-3H,4H2;2*1H;/q;;;;+2/p-2. The normalized spacial score (nSPS) is 31.8. The minimum atomic E-state index is -1.05. The van der Waals surface area contributed by atoms with Crippen LogP contribution in [0.4, 0.5) is 0 Å². The molecule has 130 valence electrons. The molecule has 2 unspecified atom stereocenters. The fraction of sp³-hybridized carbons (Fsp3) is 0.600. The van der Waals surface area contributed by atoms with Crippen LogP contribution < -0.4 is 24.8 Å². The molecule has 0 aromatic heterocycles. The Morgan fingerprint density at radius 3 is 2.58 bits per heavy atom. The average Bonchev–Trinajstić information content (AvgIpc) is 3.13. The molecule has 4 aliphatic rings. The molecule has 0 amide bonds. The summed E-state index contributed by atoms with van der Waals surface area (Å²) in [6.07, 6.45) is 23.3. The molecule has 1 saturated heterocycles. The summed E-state index contributed by atoms with van der Waals surface area (Å²) >= 11 is 0.0196. The van der Waals surface area contributed by atoms with Gasteiger partial charge in [0.1, 0.15) is 0 Å². The summed E-state index contributed by atoms with van der Waals surface area (Å²) in [5.41, 5.74) is 1.96. The molecule has 0 aromatic carbocycles. The van der Waals surface area contributed by atoms with Crippen molar-refractivity contribution in [2.45, 2.75) is 66.9 Å². The third kappa shape index (κ3) is 3.25. The van der Waals surface area contributed by atoms with Crippen molar-refractivity contribution in [3.8, 4) is 0 Å². The molecule has 4 rings (SSSR count). The number of hydrogen-bond donors (Lipinski definition) is 0. The van der Waals surface area contributed by atoms with Gasteiger partial charge in [0.25, 0.3) is 0 Å². The van der Waals surface area contributed by atoms with Gasteiger partial charge in [-0.25, -0.2) is 0 Å². The predicted octanol–water partition coefficient (Wildman–Crippen LogP) is 0.177. The summed E-state index contributed by atoms with van der Waals surface area (Å²) < 4.78 is 2.61. The summed E-state index contributed by atoms with van der Waals surface area (Å²) in [5, 5.41) is 0. The fourth-order valence-electron chi connectivity index (χ4n) is 5.60. The van der Waals surface area contributed by atoms with Crippen LogP contribution in [0, 0.1) is 5.92 Å². The van der Waals surface area contributed by atoms with Crippen molar-refractivity contribution < 1.29 is 44.0 Å². The zero-order valence-corrected chi connectivity index (χ0v) is 18.7. The fourth-order valence-corrected chi connectivity index (χ4v) is 17.6. The van der Waals surface area contributed by atoms with Crippen LogP contribution in [0.1, 0.15) is 45.4 Å². The number of fused-ring (bicyclic) bond motifs is 1. The summed E-state index contributed by atoms with van der Waals surface area (Å²) in [4.78, 5) is 0. The molecule has 24 heavy (non-hydrogen) atoms. The Kier molecular flexibility index (Phi) is 7.31. The Labute approximate surface area is 170 Å². The van der Waals surface area contributed by atoms with Crippen LogP contribution in [-0.2, 0) is 19.2 Å². The van der Waals surface area contributed by atoms with Gasteiger partial charge >= 0.3 is 146 Å². The van der Waals surface area contributed by atoms with E-state index in [4.69, 9.17) is 0 Å². The zero-order chi connectivity index (χ0) is 15.0. The monoisotopic (exact) mass is 414 g/mol. The van der Waals surface area contributed by atoms with E-state index in [0.717, 1.165) is 9.26 Å². The van der Waals surface area contributed by atoms with Crippen molar-refractivity contribution in [2.24, 2.45) is 5.92 Å². The Hall–Kier alpha value is 0.471. The third-order valence-electron chi connectivity index (χ3n) is 6.72. The van der Waals surface area contributed by atoms with Gasteiger partial charge in [0.15, 0.2) is 0 Å². The van der Waals surface area contributed by atoms with Crippen molar-refractivity contribution in [2.75, 3.05) is 0 Å². The average molecular weight is 415 g/mol. The molecule has 0 bridgehead atoms. The molecule has 0 radical (unpaired) electrons. The first-order chi connectivity index (χ1) is 10.8. The van der Waals surface area contributed by atoms with E-state index in [2.05, 4.69) is 43.4 Å². The van der Waals surface area contributed by atoms with Crippen molar-refractivity contribution >= 4 is 8.07 Å². The van der Waals surface area contributed by atoms with Crippen LogP contribution in [0.5, 0.6) is 0 Å². The topological polar surface area (TPSA) is 0 Å². The van der Waals surface area contributed by atoms with Gasteiger partial charge in [-0.3, -0.25) is 0 Å². The Morgan fingerprint density at radius 1 is 1.17 bits per heavy atom. The van der Waals surface area contributed by atoms with E-state index in [-0.39, 0.29) is 44.0 Å². The molecule has 2 fully saturated rings. The minimum Gasteiger partial charge on any atom is -1.00 e. The Bertz CT molecular complexity index is 574. The Morgan fingerprint density at radius 2 is 1.96 bits per heavy atom. The first-order valence-electron chi connectivity index (χ1n) is 9.31. The third-order valence-corrected chi connectivity index (χ3v) is 18.7. The van der Waals surface area contributed by atoms with E-state index >= 15 is 0 Å². The molecule has 0 aromatic rings.